The van der Waals surface area contributed by atoms with Crippen molar-refractivity contribution in [2.24, 2.45) is 0 Å². The molecule has 0 aliphatic heterocycles. The molecule has 2 heterocycles. The van der Waals surface area contributed by atoms with Crippen LogP contribution in [0.3, 0.4) is 0 Å². The molecule has 3 aromatic rings. The van der Waals surface area contributed by atoms with Crippen molar-refractivity contribution < 1.29 is 0 Å². The summed E-state index contributed by atoms with van der Waals surface area (Å²) in [5.74, 6) is 0.692. The first-order chi connectivity index (χ1) is 9.70. The van der Waals surface area contributed by atoms with E-state index in [0.717, 1.165) is 28.7 Å². The Hall–Kier alpha value is -2.69. The van der Waals surface area contributed by atoms with Gasteiger partial charge in [0.25, 0.3) is 0 Å². The lowest BCUT2D eigenvalue weighted by Gasteiger charge is -2.09. The van der Waals surface area contributed by atoms with Crippen LogP contribution in [0.15, 0.2) is 43.0 Å². The van der Waals surface area contributed by atoms with Gasteiger partial charge in [0.2, 0.25) is 0 Å². The van der Waals surface area contributed by atoms with E-state index in [2.05, 4.69) is 21.9 Å². The third-order valence-electron chi connectivity index (χ3n) is 3.24. The Balaban J connectivity index is 2.17. The van der Waals surface area contributed by atoms with Crippen molar-refractivity contribution in [1.82, 2.24) is 20.0 Å². The molecule has 3 rings (SSSR count). The number of fused-ring (bicyclic) bond motifs is 1. The van der Waals surface area contributed by atoms with Crippen molar-refractivity contribution in [2.75, 3.05) is 5.73 Å². The smallest absolute Gasteiger partial charge is 0.156 e. The number of nitrogens with zero attached hydrogens (tertiary/aromatic N) is 4. The largest absolute Gasteiger partial charge is 0.397 e. The van der Waals surface area contributed by atoms with Crippen LogP contribution in [0, 0.1) is 0 Å². The second kappa shape index (κ2) is 4.77. The SMILES string of the molecule is C=C(CC)c1nc(-n2nnc3ccccc32)ccc1N. The van der Waals surface area contributed by atoms with Crippen LogP contribution in [0.1, 0.15) is 19.0 Å². The predicted molar refractivity (Wildman–Crippen MR) is 80.4 cm³/mol. The Morgan fingerprint density at radius 2 is 2.05 bits per heavy atom. The van der Waals surface area contributed by atoms with Crippen LogP contribution in [0.2, 0.25) is 0 Å². The Kier molecular flexibility index (Phi) is 2.95. The average molecular weight is 265 g/mol. The maximum absolute atomic E-state index is 5.96. The van der Waals surface area contributed by atoms with Gasteiger partial charge in [0.15, 0.2) is 5.82 Å². The number of allylic oxidation sites excluding steroid dienone is 1. The van der Waals surface area contributed by atoms with Gasteiger partial charge in [0.1, 0.15) is 5.52 Å². The predicted octanol–water partition coefficient (Wildman–Crippen LogP) is 2.82. The van der Waals surface area contributed by atoms with Gasteiger partial charge >= 0.3 is 0 Å². The quantitative estimate of drug-likeness (QED) is 0.790. The molecule has 5 nitrogen and oxygen atoms in total. The van der Waals surface area contributed by atoms with Gasteiger partial charge in [0.05, 0.1) is 16.9 Å². The normalized spacial score (nSPS) is 10.8. The molecule has 0 fully saturated rings. The lowest BCUT2D eigenvalue weighted by Crippen LogP contribution is -2.04. The maximum Gasteiger partial charge on any atom is 0.156 e. The zero-order valence-corrected chi connectivity index (χ0v) is 11.2. The standard InChI is InChI=1S/C15H15N5/c1-3-10(2)15-11(16)8-9-14(17-15)20-13-7-5-4-6-12(13)18-19-20/h4-9H,2-3,16H2,1H3. The van der Waals surface area contributed by atoms with Crippen LogP contribution in [-0.4, -0.2) is 20.0 Å². The van der Waals surface area contributed by atoms with Crippen molar-refractivity contribution in [3.8, 4) is 5.82 Å². The minimum atomic E-state index is 0.630. The van der Waals surface area contributed by atoms with Crippen LogP contribution in [0.25, 0.3) is 22.4 Å². The van der Waals surface area contributed by atoms with Crippen LogP contribution < -0.4 is 5.73 Å². The second-order valence-electron chi connectivity index (χ2n) is 4.55. The molecule has 0 radical (unpaired) electrons. The molecule has 2 aromatic heterocycles. The van der Waals surface area contributed by atoms with E-state index in [1.807, 2.05) is 43.3 Å². The summed E-state index contributed by atoms with van der Waals surface area (Å²) in [6.07, 6.45) is 0.804. The van der Waals surface area contributed by atoms with E-state index in [0.29, 0.717) is 11.5 Å². The molecule has 0 atom stereocenters. The highest BCUT2D eigenvalue weighted by molar-refractivity contribution is 5.76. The van der Waals surface area contributed by atoms with Crippen LogP contribution in [-0.2, 0) is 0 Å². The first-order valence-corrected chi connectivity index (χ1v) is 6.46. The molecule has 20 heavy (non-hydrogen) atoms. The number of nitrogens with two attached hydrogens (primary N) is 1. The lowest BCUT2D eigenvalue weighted by atomic mass is 10.1. The van der Waals surface area contributed by atoms with Crippen molar-refractivity contribution in [3.63, 3.8) is 0 Å². The number of hydrogen-bond acceptors (Lipinski definition) is 4. The third kappa shape index (κ3) is 1.93. The summed E-state index contributed by atoms with van der Waals surface area (Å²) in [7, 11) is 0. The third-order valence-corrected chi connectivity index (χ3v) is 3.24. The lowest BCUT2D eigenvalue weighted by molar-refractivity contribution is 0.800. The molecular weight excluding hydrogens is 250 g/mol. The van der Waals surface area contributed by atoms with Gasteiger partial charge in [-0.25, -0.2) is 4.98 Å². The molecule has 0 aliphatic carbocycles. The molecule has 0 bridgehead atoms. The van der Waals surface area contributed by atoms with Crippen molar-refractivity contribution in [2.45, 2.75) is 13.3 Å². The molecule has 0 spiro atoms. The highest BCUT2D eigenvalue weighted by Gasteiger charge is 2.10. The summed E-state index contributed by atoms with van der Waals surface area (Å²) in [6, 6.07) is 11.4. The number of hydrogen-bond donors (Lipinski definition) is 1. The number of aromatic nitrogens is 4. The number of rotatable bonds is 3. The Labute approximate surface area is 116 Å². The van der Waals surface area contributed by atoms with E-state index in [1.54, 1.807) is 4.68 Å². The Morgan fingerprint density at radius 1 is 1.25 bits per heavy atom. The fourth-order valence-corrected chi connectivity index (χ4v) is 2.07. The molecule has 1 aromatic carbocycles. The first kappa shape index (κ1) is 12.3. The van der Waals surface area contributed by atoms with E-state index in [1.165, 1.54) is 0 Å². The van der Waals surface area contributed by atoms with Gasteiger partial charge in [-0.15, -0.1) is 5.10 Å². The number of pyridine rings is 1. The molecule has 0 aliphatic rings. The van der Waals surface area contributed by atoms with Crippen molar-refractivity contribution >= 4 is 22.3 Å². The van der Waals surface area contributed by atoms with E-state index < -0.39 is 0 Å². The molecule has 5 heteroatoms. The molecule has 0 amide bonds. The van der Waals surface area contributed by atoms with E-state index in [4.69, 9.17) is 5.73 Å². The summed E-state index contributed by atoms with van der Waals surface area (Å²) in [4.78, 5) is 4.57. The maximum atomic E-state index is 5.96. The molecular formula is C15H15N5. The van der Waals surface area contributed by atoms with Crippen LogP contribution in [0.5, 0.6) is 0 Å². The Morgan fingerprint density at radius 3 is 2.85 bits per heavy atom. The zero-order chi connectivity index (χ0) is 14.1. The van der Waals surface area contributed by atoms with E-state index >= 15 is 0 Å². The average Bonchev–Trinajstić information content (AvgIpc) is 2.91. The summed E-state index contributed by atoms with van der Waals surface area (Å²) < 4.78 is 1.71. The fourth-order valence-electron chi connectivity index (χ4n) is 2.07. The summed E-state index contributed by atoms with van der Waals surface area (Å²) >= 11 is 0. The number of anilines is 1. The monoisotopic (exact) mass is 265 g/mol. The second-order valence-corrected chi connectivity index (χ2v) is 4.55. The minimum absolute atomic E-state index is 0.630. The van der Waals surface area contributed by atoms with Gasteiger partial charge in [-0.3, -0.25) is 0 Å². The van der Waals surface area contributed by atoms with Gasteiger partial charge < -0.3 is 5.73 Å². The Bertz CT molecular complexity index is 788. The van der Waals surface area contributed by atoms with E-state index in [-0.39, 0.29) is 0 Å². The number of para-hydroxylation sites is 1. The molecule has 0 saturated heterocycles. The summed E-state index contributed by atoms with van der Waals surface area (Å²) in [5.41, 5.74) is 9.98. The summed E-state index contributed by atoms with van der Waals surface area (Å²) in [6.45, 7) is 6.03. The van der Waals surface area contributed by atoms with Gasteiger partial charge in [0, 0.05) is 0 Å². The minimum Gasteiger partial charge on any atom is -0.397 e. The van der Waals surface area contributed by atoms with E-state index in [9.17, 15) is 0 Å². The van der Waals surface area contributed by atoms with Crippen LogP contribution >= 0.6 is 0 Å². The van der Waals surface area contributed by atoms with Crippen molar-refractivity contribution in [1.29, 1.82) is 0 Å². The van der Waals surface area contributed by atoms with Crippen molar-refractivity contribution in [3.05, 3.63) is 48.7 Å². The molecule has 100 valence electrons. The number of benzene rings is 1. The highest BCUT2D eigenvalue weighted by atomic mass is 15.4. The highest BCUT2D eigenvalue weighted by Crippen LogP contribution is 2.23. The molecule has 0 unspecified atom stereocenters. The van der Waals surface area contributed by atoms with Crippen LogP contribution in [0.4, 0.5) is 5.69 Å². The molecule has 0 saturated carbocycles. The van der Waals surface area contributed by atoms with Gasteiger partial charge in [-0.05, 0) is 36.3 Å². The zero-order valence-electron chi connectivity index (χ0n) is 11.2. The first-order valence-electron chi connectivity index (χ1n) is 6.46. The van der Waals surface area contributed by atoms with Gasteiger partial charge in [-0.1, -0.05) is 30.8 Å². The number of nitrogen functional groups attached to an aromatic ring is 1. The topological polar surface area (TPSA) is 69.6 Å². The fraction of sp³-hybridized carbons (Fsp3) is 0.133. The summed E-state index contributed by atoms with van der Waals surface area (Å²) in [5, 5.41) is 8.29. The molecule has 2 N–H and O–H groups in total. The van der Waals surface area contributed by atoms with Gasteiger partial charge in [-0.2, -0.15) is 4.68 Å².